The number of likely N-dealkylation sites (tertiary alicyclic amines) is 1. The zero-order valence-electron chi connectivity index (χ0n) is 13.3. The molecule has 1 N–H and O–H groups in total. The van der Waals surface area contributed by atoms with E-state index in [0.29, 0.717) is 30.8 Å². The van der Waals surface area contributed by atoms with Crippen LogP contribution in [0.15, 0.2) is 18.7 Å². The maximum absolute atomic E-state index is 12.8. The van der Waals surface area contributed by atoms with Crippen LogP contribution in [0, 0.1) is 0 Å². The van der Waals surface area contributed by atoms with Gasteiger partial charge in [-0.15, -0.1) is 5.10 Å². The molecule has 1 amide bonds. The fourth-order valence-electron chi connectivity index (χ4n) is 2.96. The monoisotopic (exact) mass is 335 g/mol. The predicted octanol–water partition coefficient (Wildman–Crippen LogP) is 1.70. The van der Waals surface area contributed by atoms with Crippen molar-refractivity contribution < 1.29 is 9.90 Å². The molecule has 0 spiro atoms. The number of aliphatic hydroxyl groups is 1. The van der Waals surface area contributed by atoms with Gasteiger partial charge < -0.3 is 14.6 Å². The van der Waals surface area contributed by atoms with E-state index in [0.717, 1.165) is 17.2 Å². The molecule has 1 fully saturated rings. The topological polar surface area (TPSA) is 84.1 Å². The summed E-state index contributed by atoms with van der Waals surface area (Å²) in [5, 5.41) is 14.5. The lowest BCUT2D eigenvalue weighted by atomic mass is 10.1. The van der Waals surface area contributed by atoms with Gasteiger partial charge in [-0.05, 0) is 30.3 Å². The van der Waals surface area contributed by atoms with Crippen molar-refractivity contribution in [2.75, 3.05) is 13.1 Å². The highest BCUT2D eigenvalue weighted by Gasteiger charge is 2.30. The van der Waals surface area contributed by atoms with Gasteiger partial charge >= 0.3 is 0 Å². The molecule has 0 saturated carbocycles. The lowest BCUT2D eigenvalue weighted by Gasteiger charge is -2.21. The number of carbonyl (C=O) groups excluding carboxylic acids is 1. The maximum Gasteiger partial charge on any atom is 0.267 e. The molecule has 2 aromatic heterocycles. The molecule has 1 aliphatic rings. The summed E-state index contributed by atoms with van der Waals surface area (Å²) in [4.78, 5) is 19.3. The number of aromatic nitrogens is 4. The van der Waals surface area contributed by atoms with Crippen molar-refractivity contribution in [2.45, 2.75) is 44.8 Å². The van der Waals surface area contributed by atoms with Crippen LogP contribution in [0.4, 0.5) is 0 Å². The molecule has 1 aliphatic heterocycles. The van der Waals surface area contributed by atoms with E-state index < -0.39 is 6.10 Å². The normalized spacial score (nSPS) is 22.3. The molecule has 2 aromatic rings. The summed E-state index contributed by atoms with van der Waals surface area (Å²) in [6, 6.07) is -0.0422. The van der Waals surface area contributed by atoms with Crippen molar-refractivity contribution in [3.05, 3.63) is 29.3 Å². The number of carbonyl (C=O) groups is 1. The SMILES string of the molecule is CC(C)c1nnsc1C(=O)N1CC[C@H](O)[C@@H](n2ccnc2)CC1. The van der Waals surface area contributed by atoms with Crippen LogP contribution in [0.5, 0.6) is 0 Å². The Morgan fingerprint density at radius 3 is 2.87 bits per heavy atom. The molecule has 3 heterocycles. The number of amides is 1. The van der Waals surface area contributed by atoms with Crippen molar-refractivity contribution in [3.8, 4) is 0 Å². The van der Waals surface area contributed by atoms with Crippen LogP contribution in [-0.2, 0) is 0 Å². The zero-order chi connectivity index (χ0) is 16.4. The van der Waals surface area contributed by atoms with Crippen molar-refractivity contribution in [3.63, 3.8) is 0 Å². The molecule has 0 radical (unpaired) electrons. The largest absolute Gasteiger partial charge is 0.391 e. The van der Waals surface area contributed by atoms with Crippen LogP contribution in [0.25, 0.3) is 0 Å². The smallest absolute Gasteiger partial charge is 0.267 e. The van der Waals surface area contributed by atoms with Gasteiger partial charge in [0.15, 0.2) is 0 Å². The van der Waals surface area contributed by atoms with E-state index in [4.69, 9.17) is 0 Å². The lowest BCUT2D eigenvalue weighted by molar-refractivity contribution is 0.0754. The van der Waals surface area contributed by atoms with Gasteiger partial charge in [-0.1, -0.05) is 18.3 Å². The molecule has 0 aliphatic carbocycles. The third-order valence-corrected chi connectivity index (χ3v) is 5.01. The van der Waals surface area contributed by atoms with E-state index in [1.165, 1.54) is 0 Å². The fourth-order valence-corrected chi connectivity index (χ4v) is 3.74. The summed E-state index contributed by atoms with van der Waals surface area (Å²) in [6.45, 7) is 5.17. The molecule has 3 rings (SSSR count). The summed E-state index contributed by atoms with van der Waals surface area (Å²) in [6.07, 6.45) is 6.05. The standard InChI is InChI=1S/C15H21N5O2S/c1-10(2)13-14(23-18-17-13)15(22)19-6-3-11(12(21)4-7-19)20-8-5-16-9-20/h5,8-12,21H,3-4,6-7H2,1-2H3/t11-,12-/m0/s1. The number of nitrogens with zero attached hydrogens (tertiary/aromatic N) is 5. The summed E-state index contributed by atoms with van der Waals surface area (Å²) >= 11 is 1.16. The molecule has 8 heteroatoms. The Balaban J connectivity index is 1.75. The first-order valence-corrected chi connectivity index (χ1v) is 8.62. The average Bonchev–Trinajstić information content (AvgIpc) is 3.18. The maximum atomic E-state index is 12.8. The average molecular weight is 335 g/mol. The van der Waals surface area contributed by atoms with E-state index in [-0.39, 0.29) is 17.9 Å². The molecule has 124 valence electrons. The highest BCUT2D eigenvalue weighted by molar-refractivity contribution is 7.08. The van der Waals surface area contributed by atoms with Crippen LogP contribution >= 0.6 is 11.5 Å². The number of hydrogen-bond acceptors (Lipinski definition) is 6. The highest BCUT2D eigenvalue weighted by Crippen LogP contribution is 2.26. The summed E-state index contributed by atoms with van der Waals surface area (Å²) in [7, 11) is 0. The molecule has 0 unspecified atom stereocenters. The summed E-state index contributed by atoms with van der Waals surface area (Å²) in [5.74, 6) is 0.145. The molecule has 2 atom stereocenters. The number of rotatable bonds is 3. The number of hydrogen-bond donors (Lipinski definition) is 1. The number of aliphatic hydroxyl groups excluding tert-OH is 1. The molecule has 23 heavy (non-hydrogen) atoms. The quantitative estimate of drug-likeness (QED) is 0.923. The molecule has 1 saturated heterocycles. The van der Waals surface area contributed by atoms with Gasteiger partial charge in [0.25, 0.3) is 5.91 Å². The van der Waals surface area contributed by atoms with Crippen molar-refractivity contribution in [1.29, 1.82) is 0 Å². The predicted molar refractivity (Wildman–Crippen MR) is 86.4 cm³/mol. The third-order valence-electron chi connectivity index (χ3n) is 4.28. The Hall–Kier alpha value is -1.80. The Morgan fingerprint density at radius 1 is 1.39 bits per heavy atom. The molecule has 7 nitrogen and oxygen atoms in total. The van der Waals surface area contributed by atoms with Gasteiger partial charge in [-0.25, -0.2) is 4.98 Å². The molecule has 0 bridgehead atoms. The van der Waals surface area contributed by atoms with E-state index in [2.05, 4.69) is 14.6 Å². The second-order valence-corrected chi connectivity index (χ2v) is 6.91. The van der Waals surface area contributed by atoms with Crippen LogP contribution in [0.2, 0.25) is 0 Å². The minimum atomic E-state index is -0.480. The Kier molecular flexibility index (Phi) is 4.72. The fraction of sp³-hybridized carbons (Fsp3) is 0.600. The van der Waals surface area contributed by atoms with Crippen molar-refractivity contribution in [1.82, 2.24) is 24.0 Å². The second kappa shape index (κ2) is 6.76. The van der Waals surface area contributed by atoms with Gasteiger partial charge in [0, 0.05) is 25.5 Å². The van der Waals surface area contributed by atoms with E-state index in [9.17, 15) is 9.90 Å². The van der Waals surface area contributed by atoms with Crippen LogP contribution < -0.4 is 0 Å². The lowest BCUT2D eigenvalue weighted by Crippen LogP contribution is -2.32. The minimum Gasteiger partial charge on any atom is -0.391 e. The Bertz CT molecular complexity index is 655. The first kappa shape index (κ1) is 16.1. The van der Waals surface area contributed by atoms with Gasteiger partial charge in [0.1, 0.15) is 4.88 Å². The second-order valence-electron chi connectivity index (χ2n) is 6.16. The summed E-state index contributed by atoms with van der Waals surface area (Å²) < 4.78 is 5.86. The van der Waals surface area contributed by atoms with Gasteiger partial charge in [-0.3, -0.25) is 4.79 Å². The minimum absolute atomic E-state index is 0.0258. The third kappa shape index (κ3) is 3.28. The van der Waals surface area contributed by atoms with Crippen LogP contribution in [-0.4, -0.2) is 54.2 Å². The summed E-state index contributed by atoms with van der Waals surface area (Å²) in [5.41, 5.74) is 0.760. The van der Waals surface area contributed by atoms with Crippen LogP contribution in [0.3, 0.4) is 0 Å². The van der Waals surface area contributed by atoms with Crippen molar-refractivity contribution >= 4 is 17.4 Å². The molecular weight excluding hydrogens is 314 g/mol. The van der Waals surface area contributed by atoms with E-state index >= 15 is 0 Å². The zero-order valence-corrected chi connectivity index (χ0v) is 14.1. The highest BCUT2D eigenvalue weighted by atomic mass is 32.1. The van der Waals surface area contributed by atoms with E-state index in [1.807, 2.05) is 24.6 Å². The first-order chi connectivity index (χ1) is 11.1. The number of imidazole rings is 1. The van der Waals surface area contributed by atoms with Crippen molar-refractivity contribution in [2.24, 2.45) is 0 Å². The molecular formula is C15H21N5O2S. The van der Waals surface area contributed by atoms with Crippen LogP contribution in [0.1, 0.15) is 54.0 Å². The van der Waals surface area contributed by atoms with Gasteiger partial charge in [-0.2, -0.15) is 0 Å². The van der Waals surface area contributed by atoms with Gasteiger partial charge in [0.2, 0.25) is 0 Å². The molecule has 0 aromatic carbocycles. The van der Waals surface area contributed by atoms with E-state index in [1.54, 1.807) is 17.4 Å². The first-order valence-electron chi connectivity index (χ1n) is 7.85. The Morgan fingerprint density at radius 2 is 2.17 bits per heavy atom. The van der Waals surface area contributed by atoms with Gasteiger partial charge in [0.05, 0.1) is 24.2 Å². The Labute approximate surface area is 139 Å².